The summed E-state index contributed by atoms with van der Waals surface area (Å²) in [6.45, 7) is 2.23. The van der Waals surface area contributed by atoms with E-state index in [0.29, 0.717) is 55.4 Å². The van der Waals surface area contributed by atoms with E-state index in [1.807, 2.05) is 23.1 Å². The van der Waals surface area contributed by atoms with E-state index in [0.717, 1.165) is 10.9 Å². The van der Waals surface area contributed by atoms with Crippen LogP contribution in [0.1, 0.15) is 17.0 Å². The molecule has 0 bridgehead atoms. The van der Waals surface area contributed by atoms with Crippen molar-refractivity contribution < 1.29 is 13.9 Å². The molecule has 2 aromatic carbocycles. The molecule has 9 nitrogen and oxygen atoms in total. The highest BCUT2D eigenvalue weighted by molar-refractivity contribution is 5.80. The Balaban J connectivity index is 1.63. The number of nitrogens with one attached hydrogen (secondary N) is 1. The summed E-state index contributed by atoms with van der Waals surface area (Å²) in [5, 5.41) is 12.8. The topological polar surface area (TPSA) is 98.2 Å². The molecule has 4 rings (SSSR count). The maximum absolute atomic E-state index is 13.4. The van der Waals surface area contributed by atoms with Gasteiger partial charge in [0.1, 0.15) is 11.6 Å². The minimum atomic E-state index is -0.296. The van der Waals surface area contributed by atoms with Gasteiger partial charge in [-0.05, 0) is 51.7 Å². The largest absolute Gasteiger partial charge is 0.497 e. The Kier molecular flexibility index (Phi) is 7.06. The lowest BCUT2D eigenvalue weighted by molar-refractivity contribution is 0.177. The van der Waals surface area contributed by atoms with Crippen molar-refractivity contribution in [2.45, 2.75) is 26.2 Å². The molecule has 0 aliphatic rings. The number of halogens is 1. The third-order valence-corrected chi connectivity index (χ3v) is 5.32. The van der Waals surface area contributed by atoms with Gasteiger partial charge in [-0.15, -0.1) is 5.10 Å². The first-order valence-electron chi connectivity index (χ1n) is 10.5. The van der Waals surface area contributed by atoms with E-state index in [-0.39, 0.29) is 11.4 Å². The van der Waals surface area contributed by atoms with E-state index >= 15 is 0 Å². The van der Waals surface area contributed by atoms with Crippen LogP contribution in [0.15, 0.2) is 53.3 Å². The van der Waals surface area contributed by atoms with Gasteiger partial charge in [0, 0.05) is 31.8 Å². The van der Waals surface area contributed by atoms with Gasteiger partial charge < -0.3 is 14.5 Å². The molecule has 0 amide bonds. The van der Waals surface area contributed by atoms with Crippen LogP contribution in [-0.4, -0.2) is 50.9 Å². The fraction of sp³-hybridized carbons (Fsp3) is 0.304. The first-order valence-corrected chi connectivity index (χ1v) is 10.5. The molecule has 172 valence electrons. The van der Waals surface area contributed by atoms with Gasteiger partial charge in [-0.1, -0.05) is 12.1 Å². The number of nitrogens with zero attached hydrogens (tertiary/aromatic N) is 5. The summed E-state index contributed by atoms with van der Waals surface area (Å²) >= 11 is 0. The van der Waals surface area contributed by atoms with Crippen LogP contribution in [0.2, 0.25) is 0 Å². The van der Waals surface area contributed by atoms with Crippen molar-refractivity contribution in [1.82, 2.24) is 30.1 Å². The Bertz CT molecular complexity index is 1270. The van der Waals surface area contributed by atoms with Crippen LogP contribution >= 0.6 is 0 Å². The average molecular weight is 452 g/mol. The molecule has 0 atom stereocenters. The number of benzene rings is 2. The highest BCUT2D eigenvalue weighted by Gasteiger charge is 2.16. The second-order valence-electron chi connectivity index (χ2n) is 7.66. The minimum Gasteiger partial charge on any atom is -0.497 e. The van der Waals surface area contributed by atoms with E-state index in [9.17, 15) is 9.18 Å². The highest BCUT2D eigenvalue weighted by atomic mass is 19.1. The van der Waals surface area contributed by atoms with Crippen molar-refractivity contribution in [2.75, 3.05) is 20.8 Å². The summed E-state index contributed by atoms with van der Waals surface area (Å²) in [5.74, 6) is 1.03. The number of tetrazole rings is 1. The van der Waals surface area contributed by atoms with Crippen LogP contribution in [0.25, 0.3) is 10.9 Å². The number of ether oxygens (including phenoxy) is 2. The second kappa shape index (κ2) is 10.3. The Hall–Kier alpha value is -3.63. The summed E-state index contributed by atoms with van der Waals surface area (Å²) in [7, 11) is 3.20. The van der Waals surface area contributed by atoms with Crippen LogP contribution in [-0.2, 0) is 30.9 Å². The summed E-state index contributed by atoms with van der Waals surface area (Å²) in [6, 6.07) is 13.7. The molecule has 0 radical (unpaired) electrons. The summed E-state index contributed by atoms with van der Waals surface area (Å²) in [6.07, 6.45) is 0. The van der Waals surface area contributed by atoms with Crippen LogP contribution in [0.3, 0.4) is 0 Å². The molecule has 0 aliphatic carbocycles. The highest BCUT2D eigenvalue weighted by Crippen LogP contribution is 2.20. The van der Waals surface area contributed by atoms with Gasteiger partial charge in [0.15, 0.2) is 5.82 Å². The van der Waals surface area contributed by atoms with Gasteiger partial charge in [0.25, 0.3) is 5.56 Å². The van der Waals surface area contributed by atoms with Gasteiger partial charge in [0.2, 0.25) is 0 Å². The summed E-state index contributed by atoms with van der Waals surface area (Å²) < 4.78 is 25.4. The summed E-state index contributed by atoms with van der Waals surface area (Å²) in [5.41, 5.74) is 2.04. The van der Waals surface area contributed by atoms with Crippen LogP contribution in [0.4, 0.5) is 4.39 Å². The molecular weight excluding hydrogens is 427 g/mol. The Morgan fingerprint density at radius 2 is 1.88 bits per heavy atom. The molecule has 4 aromatic rings. The average Bonchev–Trinajstić information content (AvgIpc) is 3.26. The third kappa shape index (κ3) is 5.60. The van der Waals surface area contributed by atoms with Gasteiger partial charge in [0.05, 0.1) is 32.3 Å². The zero-order valence-electron chi connectivity index (χ0n) is 18.5. The standard InChI is InChI=1S/C23H25FN6O3/c1-32-10-9-30-22(26-27-28-30)15-29(13-16-3-6-19(24)7-4-16)14-18-11-17-5-8-20(33-2)12-21(17)25-23(18)31/h3-8,11-12H,9-10,13-15H2,1-2H3,(H,25,31). The number of hydrogen-bond acceptors (Lipinski definition) is 7. The SMILES string of the molecule is COCCn1nnnc1CN(Cc1ccc(F)cc1)Cc1cc2ccc(OC)cc2[nH]c1=O. The number of H-pyrrole nitrogens is 1. The third-order valence-electron chi connectivity index (χ3n) is 5.32. The molecule has 0 saturated heterocycles. The zero-order valence-corrected chi connectivity index (χ0v) is 18.5. The molecule has 2 heterocycles. The van der Waals surface area contributed by atoms with Crippen molar-refractivity contribution in [3.63, 3.8) is 0 Å². The molecular formula is C23H25FN6O3. The minimum absolute atomic E-state index is 0.182. The number of aromatic amines is 1. The van der Waals surface area contributed by atoms with E-state index in [4.69, 9.17) is 9.47 Å². The number of methoxy groups -OCH3 is 2. The number of hydrogen-bond donors (Lipinski definition) is 1. The van der Waals surface area contributed by atoms with Crippen molar-refractivity contribution in [3.8, 4) is 5.75 Å². The van der Waals surface area contributed by atoms with E-state index < -0.39 is 0 Å². The fourth-order valence-corrected chi connectivity index (χ4v) is 3.61. The predicted molar refractivity (Wildman–Crippen MR) is 120 cm³/mol. The van der Waals surface area contributed by atoms with E-state index in [1.165, 1.54) is 12.1 Å². The molecule has 0 saturated carbocycles. The monoisotopic (exact) mass is 452 g/mol. The zero-order chi connectivity index (χ0) is 23.2. The molecule has 0 fully saturated rings. The van der Waals surface area contributed by atoms with Gasteiger partial charge in [-0.3, -0.25) is 9.69 Å². The fourth-order valence-electron chi connectivity index (χ4n) is 3.61. The van der Waals surface area contributed by atoms with Gasteiger partial charge in [-0.25, -0.2) is 9.07 Å². The summed E-state index contributed by atoms with van der Waals surface area (Å²) in [4.78, 5) is 17.8. The van der Waals surface area contributed by atoms with E-state index in [1.54, 1.807) is 37.1 Å². The van der Waals surface area contributed by atoms with E-state index in [2.05, 4.69) is 20.5 Å². The molecule has 0 unspecified atom stereocenters. The van der Waals surface area contributed by atoms with Crippen molar-refractivity contribution in [1.29, 1.82) is 0 Å². The lowest BCUT2D eigenvalue weighted by Crippen LogP contribution is -2.28. The Labute approximate surface area is 189 Å². The normalized spacial score (nSPS) is 11.4. The van der Waals surface area contributed by atoms with Crippen molar-refractivity contribution in [3.05, 3.63) is 81.7 Å². The molecule has 0 spiro atoms. The maximum atomic E-state index is 13.4. The quantitative estimate of drug-likeness (QED) is 0.395. The molecule has 10 heteroatoms. The molecule has 0 aliphatic heterocycles. The number of aromatic nitrogens is 5. The Morgan fingerprint density at radius 3 is 2.64 bits per heavy atom. The first-order chi connectivity index (χ1) is 16.1. The van der Waals surface area contributed by atoms with Gasteiger partial charge >= 0.3 is 0 Å². The number of pyridine rings is 1. The maximum Gasteiger partial charge on any atom is 0.252 e. The number of rotatable bonds is 10. The van der Waals surface area contributed by atoms with Crippen molar-refractivity contribution >= 4 is 10.9 Å². The van der Waals surface area contributed by atoms with Crippen LogP contribution in [0.5, 0.6) is 5.75 Å². The lowest BCUT2D eigenvalue weighted by atomic mass is 10.1. The molecule has 33 heavy (non-hydrogen) atoms. The van der Waals surface area contributed by atoms with Gasteiger partial charge in [-0.2, -0.15) is 0 Å². The predicted octanol–water partition coefficient (Wildman–Crippen LogP) is 2.51. The first kappa shape index (κ1) is 22.6. The lowest BCUT2D eigenvalue weighted by Gasteiger charge is -2.22. The number of fused-ring (bicyclic) bond motifs is 1. The smallest absolute Gasteiger partial charge is 0.252 e. The molecule has 1 N–H and O–H groups in total. The Morgan fingerprint density at radius 1 is 1.06 bits per heavy atom. The molecule has 2 aromatic heterocycles. The van der Waals surface area contributed by atoms with Crippen LogP contribution < -0.4 is 10.3 Å². The van der Waals surface area contributed by atoms with Crippen LogP contribution in [0, 0.1) is 5.82 Å². The second-order valence-corrected chi connectivity index (χ2v) is 7.66. The van der Waals surface area contributed by atoms with Crippen molar-refractivity contribution in [2.24, 2.45) is 0 Å².